The predicted octanol–water partition coefficient (Wildman–Crippen LogP) is 2.39. The lowest BCUT2D eigenvalue weighted by molar-refractivity contribution is 0.0536. The highest BCUT2D eigenvalue weighted by atomic mass is 16.5. The number of hydrogen-bond acceptors (Lipinski definition) is 3. The highest BCUT2D eigenvalue weighted by Crippen LogP contribution is 2.26. The lowest BCUT2D eigenvalue weighted by Gasteiger charge is -2.11. The van der Waals surface area contributed by atoms with E-state index in [2.05, 4.69) is 19.1 Å². The maximum absolute atomic E-state index is 9.27. The smallest absolute Gasteiger partial charge is 0.120 e. The van der Waals surface area contributed by atoms with Gasteiger partial charge in [-0.05, 0) is 35.7 Å². The van der Waals surface area contributed by atoms with Crippen molar-refractivity contribution >= 4 is 0 Å². The molecule has 0 saturated carbocycles. The molecule has 0 amide bonds. The van der Waals surface area contributed by atoms with E-state index in [-0.39, 0.29) is 13.2 Å². The summed E-state index contributed by atoms with van der Waals surface area (Å²) in [6.45, 7) is 1.86. The number of aryl methyl sites for hydroxylation is 1. The summed E-state index contributed by atoms with van der Waals surface area (Å²) in [6.07, 6.45) is -0.845. The molecule has 2 rings (SSSR count). The Labute approximate surface area is 113 Å². The molecule has 19 heavy (non-hydrogen) atoms. The number of ether oxygens (including phenoxy) is 1. The van der Waals surface area contributed by atoms with Gasteiger partial charge in [0.05, 0.1) is 6.61 Å². The Morgan fingerprint density at radius 1 is 1.11 bits per heavy atom. The van der Waals surface area contributed by atoms with Crippen molar-refractivity contribution in [2.45, 2.75) is 13.0 Å². The number of aliphatic hydroxyl groups is 2. The van der Waals surface area contributed by atoms with Crippen LogP contribution in [0.25, 0.3) is 11.1 Å². The van der Waals surface area contributed by atoms with Gasteiger partial charge in [-0.2, -0.15) is 0 Å². The van der Waals surface area contributed by atoms with Crippen LogP contribution in [-0.4, -0.2) is 29.5 Å². The fraction of sp³-hybridized carbons (Fsp3) is 0.250. The van der Waals surface area contributed by atoms with Crippen molar-refractivity contribution in [3.8, 4) is 16.9 Å². The topological polar surface area (TPSA) is 49.7 Å². The molecular weight excluding hydrogens is 240 g/mol. The molecule has 3 nitrogen and oxygen atoms in total. The normalized spacial score (nSPS) is 12.2. The van der Waals surface area contributed by atoms with Gasteiger partial charge in [-0.3, -0.25) is 0 Å². The van der Waals surface area contributed by atoms with Crippen molar-refractivity contribution in [2.24, 2.45) is 0 Å². The molecule has 1 atom stereocenters. The van der Waals surface area contributed by atoms with Gasteiger partial charge in [0.2, 0.25) is 0 Å². The van der Waals surface area contributed by atoms with Crippen LogP contribution in [0.3, 0.4) is 0 Å². The minimum Gasteiger partial charge on any atom is -0.491 e. The molecule has 2 aromatic carbocycles. The zero-order valence-corrected chi connectivity index (χ0v) is 10.9. The molecule has 0 aliphatic rings. The van der Waals surface area contributed by atoms with Crippen LogP contribution >= 0.6 is 0 Å². The lowest BCUT2D eigenvalue weighted by atomic mass is 10.0. The maximum atomic E-state index is 9.27. The van der Waals surface area contributed by atoms with E-state index in [1.54, 1.807) is 0 Å². The van der Waals surface area contributed by atoms with Crippen molar-refractivity contribution in [2.75, 3.05) is 13.2 Å². The van der Waals surface area contributed by atoms with E-state index in [0.29, 0.717) is 5.75 Å². The summed E-state index contributed by atoms with van der Waals surface area (Å²) >= 11 is 0. The molecule has 100 valence electrons. The fourth-order valence-electron chi connectivity index (χ4n) is 1.90. The van der Waals surface area contributed by atoms with Crippen LogP contribution in [0.15, 0.2) is 48.5 Å². The molecule has 0 unspecified atom stereocenters. The minimum atomic E-state index is -0.845. The van der Waals surface area contributed by atoms with Gasteiger partial charge in [-0.1, -0.05) is 36.4 Å². The maximum Gasteiger partial charge on any atom is 0.120 e. The Hall–Kier alpha value is -1.84. The summed E-state index contributed by atoms with van der Waals surface area (Å²) in [7, 11) is 0. The van der Waals surface area contributed by atoms with E-state index in [4.69, 9.17) is 9.84 Å². The monoisotopic (exact) mass is 258 g/mol. The van der Waals surface area contributed by atoms with Crippen molar-refractivity contribution in [1.29, 1.82) is 0 Å². The number of hydrogen-bond donors (Lipinski definition) is 2. The van der Waals surface area contributed by atoms with Gasteiger partial charge in [0, 0.05) is 0 Å². The average molecular weight is 258 g/mol. The van der Waals surface area contributed by atoms with Crippen LogP contribution in [0.4, 0.5) is 0 Å². The molecule has 0 saturated heterocycles. The van der Waals surface area contributed by atoms with Gasteiger partial charge in [0.1, 0.15) is 18.5 Å². The van der Waals surface area contributed by atoms with Crippen molar-refractivity contribution in [3.63, 3.8) is 0 Å². The molecule has 0 aliphatic carbocycles. The Morgan fingerprint density at radius 3 is 2.63 bits per heavy atom. The SMILES string of the molecule is Cc1ccccc1-c1cccc(OC[C@@H](O)CO)c1. The van der Waals surface area contributed by atoms with Crippen molar-refractivity contribution in [1.82, 2.24) is 0 Å². The second kappa shape index (κ2) is 6.36. The number of benzene rings is 2. The first-order chi connectivity index (χ1) is 9.20. The van der Waals surface area contributed by atoms with Crippen molar-refractivity contribution in [3.05, 3.63) is 54.1 Å². The van der Waals surface area contributed by atoms with Crippen LogP contribution in [0.1, 0.15) is 5.56 Å². The van der Waals surface area contributed by atoms with Crippen molar-refractivity contribution < 1.29 is 14.9 Å². The van der Waals surface area contributed by atoms with Crippen LogP contribution in [0, 0.1) is 6.92 Å². The summed E-state index contributed by atoms with van der Waals surface area (Å²) < 4.78 is 5.45. The molecule has 0 aromatic heterocycles. The van der Waals surface area contributed by atoms with Gasteiger partial charge in [-0.25, -0.2) is 0 Å². The van der Waals surface area contributed by atoms with E-state index in [9.17, 15) is 5.11 Å². The first-order valence-electron chi connectivity index (χ1n) is 6.28. The van der Waals surface area contributed by atoms with E-state index >= 15 is 0 Å². The standard InChI is InChI=1S/C16H18O3/c1-12-5-2-3-8-16(12)13-6-4-7-15(9-13)19-11-14(18)10-17/h2-9,14,17-18H,10-11H2,1H3/t14-/m0/s1. The highest BCUT2D eigenvalue weighted by Gasteiger charge is 2.05. The van der Waals surface area contributed by atoms with E-state index in [0.717, 1.165) is 11.1 Å². The summed E-state index contributed by atoms with van der Waals surface area (Å²) in [5.41, 5.74) is 3.44. The van der Waals surface area contributed by atoms with Gasteiger partial charge >= 0.3 is 0 Å². The summed E-state index contributed by atoms with van der Waals surface area (Å²) in [5, 5.41) is 18.0. The van der Waals surface area contributed by atoms with Crippen LogP contribution in [0.5, 0.6) is 5.75 Å². The van der Waals surface area contributed by atoms with Gasteiger partial charge in [0.25, 0.3) is 0 Å². The zero-order valence-electron chi connectivity index (χ0n) is 10.9. The second-order valence-corrected chi connectivity index (χ2v) is 4.49. The van der Waals surface area contributed by atoms with Gasteiger partial charge in [-0.15, -0.1) is 0 Å². The molecule has 0 aliphatic heterocycles. The van der Waals surface area contributed by atoms with E-state index in [1.165, 1.54) is 5.56 Å². The lowest BCUT2D eigenvalue weighted by Crippen LogP contribution is -2.21. The largest absolute Gasteiger partial charge is 0.491 e. The third-order valence-electron chi connectivity index (χ3n) is 2.94. The zero-order chi connectivity index (χ0) is 13.7. The molecule has 0 radical (unpaired) electrons. The third kappa shape index (κ3) is 3.56. The molecular formula is C16H18O3. The third-order valence-corrected chi connectivity index (χ3v) is 2.94. The molecule has 0 bridgehead atoms. The summed E-state index contributed by atoms with van der Waals surface area (Å²) in [4.78, 5) is 0. The fourth-order valence-corrected chi connectivity index (χ4v) is 1.90. The highest BCUT2D eigenvalue weighted by molar-refractivity contribution is 5.68. The summed E-state index contributed by atoms with van der Waals surface area (Å²) in [6, 6.07) is 15.9. The van der Waals surface area contributed by atoms with Crippen LogP contribution in [0.2, 0.25) is 0 Å². The summed E-state index contributed by atoms with van der Waals surface area (Å²) in [5.74, 6) is 0.688. The molecule has 0 heterocycles. The predicted molar refractivity (Wildman–Crippen MR) is 75.2 cm³/mol. The minimum absolute atomic E-state index is 0.0910. The van der Waals surface area contributed by atoms with Crippen LogP contribution in [-0.2, 0) is 0 Å². The number of rotatable bonds is 5. The molecule has 2 N–H and O–H groups in total. The quantitative estimate of drug-likeness (QED) is 0.865. The molecule has 0 spiro atoms. The molecule has 3 heteroatoms. The van der Waals surface area contributed by atoms with Gasteiger partial charge < -0.3 is 14.9 Å². The molecule has 0 fully saturated rings. The first-order valence-corrected chi connectivity index (χ1v) is 6.28. The Morgan fingerprint density at radius 2 is 1.89 bits per heavy atom. The molecule has 2 aromatic rings. The Bertz CT molecular complexity index is 537. The van der Waals surface area contributed by atoms with Gasteiger partial charge in [0.15, 0.2) is 0 Å². The van der Waals surface area contributed by atoms with E-state index < -0.39 is 6.10 Å². The first kappa shape index (κ1) is 13.6. The van der Waals surface area contributed by atoms with E-state index in [1.807, 2.05) is 36.4 Å². The average Bonchev–Trinajstić information content (AvgIpc) is 2.45. The second-order valence-electron chi connectivity index (χ2n) is 4.49. The Balaban J connectivity index is 2.18. The van der Waals surface area contributed by atoms with Crippen LogP contribution < -0.4 is 4.74 Å². The Kier molecular flexibility index (Phi) is 4.55. The number of aliphatic hydroxyl groups excluding tert-OH is 2.